The van der Waals surface area contributed by atoms with Crippen LogP contribution in [0.3, 0.4) is 0 Å². The number of halogens is 2. The van der Waals surface area contributed by atoms with Crippen LogP contribution >= 0.6 is 27.5 Å². The van der Waals surface area contributed by atoms with Gasteiger partial charge < -0.3 is 9.73 Å². The predicted molar refractivity (Wildman–Crippen MR) is 76.3 cm³/mol. The molecular formula is C13H12BrClN2O2. The van der Waals surface area contributed by atoms with Gasteiger partial charge in [-0.3, -0.25) is 4.79 Å². The quantitative estimate of drug-likeness (QED) is 0.925. The molecule has 0 unspecified atom stereocenters. The fraction of sp³-hybridized carbons (Fsp3) is 0.231. The second-order valence-electron chi connectivity index (χ2n) is 4.03. The topological polar surface area (TPSA) is 55.1 Å². The number of hydrogen-bond donors (Lipinski definition) is 1. The van der Waals surface area contributed by atoms with Gasteiger partial charge in [-0.05, 0) is 41.9 Å². The minimum atomic E-state index is -0.264. The second-order valence-corrected chi connectivity index (χ2v) is 5.27. The molecule has 1 amide bonds. The molecule has 1 N–H and O–H groups in total. The molecule has 0 saturated heterocycles. The number of nitrogens with zero attached hydrogens (tertiary/aromatic N) is 1. The zero-order valence-electron chi connectivity index (χ0n) is 10.5. The van der Waals surface area contributed by atoms with Gasteiger partial charge in [0.2, 0.25) is 5.89 Å². The van der Waals surface area contributed by atoms with Crippen molar-refractivity contribution in [1.29, 1.82) is 0 Å². The van der Waals surface area contributed by atoms with Crippen LogP contribution < -0.4 is 5.32 Å². The first-order chi connectivity index (χ1) is 8.99. The zero-order valence-corrected chi connectivity index (χ0v) is 12.8. The number of hydrogen-bond acceptors (Lipinski definition) is 3. The van der Waals surface area contributed by atoms with E-state index < -0.39 is 0 Å². The molecule has 100 valence electrons. The molecule has 2 aromatic rings. The minimum Gasteiger partial charge on any atom is -0.444 e. The van der Waals surface area contributed by atoms with Crippen molar-refractivity contribution in [2.75, 3.05) is 0 Å². The van der Waals surface area contributed by atoms with E-state index in [0.717, 1.165) is 11.5 Å². The Morgan fingerprint density at radius 3 is 2.84 bits per heavy atom. The van der Waals surface area contributed by atoms with E-state index in [-0.39, 0.29) is 12.5 Å². The summed E-state index contributed by atoms with van der Waals surface area (Å²) in [6.45, 7) is 3.92. The van der Waals surface area contributed by atoms with Crippen LogP contribution in [0.5, 0.6) is 0 Å². The zero-order chi connectivity index (χ0) is 14.0. The molecule has 6 heteroatoms. The van der Waals surface area contributed by atoms with Crippen LogP contribution in [0.15, 0.2) is 27.1 Å². The molecule has 0 aliphatic carbocycles. The van der Waals surface area contributed by atoms with Gasteiger partial charge >= 0.3 is 0 Å². The van der Waals surface area contributed by atoms with Crippen molar-refractivity contribution in [3.63, 3.8) is 0 Å². The van der Waals surface area contributed by atoms with Crippen molar-refractivity contribution in [2.45, 2.75) is 20.4 Å². The lowest BCUT2D eigenvalue weighted by atomic mass is 10.2. The van der Waals surface area contributed by atoms with Crippen LogP contribution in [-0.4, -0.2) is 10.9 Å². The Morgan fingerprint density at radius 1 is 1.47 bits per heavy atom. The highest BCUT2D eigenvalue weighted by atomic mass is 79.9. The van der Waals surface area contributed by atoms with E-state index in [9.17, 15) is 4.79 Å². The van der Waals surface area contributed by atoms with Gasteiger partial charge in [0.1, 0.15) is 5.76 Å². The summed E-state index contributed by atoms with van der Waals surface area (Å²) in [6, 6.07) is 5.19. The first kappa shape index (κ1) is 14.1. The Bertz CT molecular complexity index is 606. The molecule has 1 heterocycles. The first-order valence-corrected chi connectivity index (χ1v) is 6.81. The normalized spacial score (nSPS) is 10.5. The van der Waals surface area contributed by atoms with Crippen molar-refractivity contribution in [2.24, 2.45) is 0 Å². The van der Waals surface area contributed by atoms with E-state index in [2.05, 4.69) is 26.2 Å². The largest absolute Gasteiger partial charge is 0.444 e. The van der Waals surface area contributed by atoms with Crippen molar-refractivity contribution in [3.05, 3.63) is 50.6 Å². The maximum atomic E-state index is 12.0. The van der Waals surface area contributed by atoms with Gasteiger partial charge in [0, 0.05) is 4.47 Å². The number of aryl methyl sites for hydroxylation is 2. The van der Waals surface area contributed by atoms with Crippen molar-refractivity contribution < 1.29 is 9.21 Å². The third-order valence-corrected chi connectivity index (χ3v) is 3.97. The van der Waals surface area contributed by atoms with Crippen molar-refractivity contribution >= 4 is 33.4 Å². The Morgan fingerprint density at radius 2 is 2.21 bits per heavy atom. The highest BCUT2D eigenvalue weighted by molar-refractivity contribution is 9.10. The highest BCUT2D eigenvalue weighted by Gasteiger charge is 2.13. The van der Waals surface area contributed by atoms with Gasteiger partial charge in [0.25, 0.3) is 5.91 Å². The minimum absolute atomic E-state index is 0.232. The van der Waals surface area contributed by atoms with E-state index in [4.69, 9.17) is 16.0 Å². The van der Waals surface area contributed by atoms with Crippen LogP contribution in [0.1, 0.15) is 27.7 Å². The number of aromatic nitrogens is 1. The van der Waals surface area contributed by atoms with Gasteiger partial charge in [0.05, 0.1) is 22.8 Å². The molecule has 2 rings (SSSR count). The molecular weight excluding hydrogens is 332 g/mol. The second kappa shape index (κ2) is 5.75. The molecule has 19 heavy (non-hydrogen) atoms. The summed E-state index contributed by atoms with van der Waals surface area (Å²) < 4.78 is 6.07. The lowest BCUT2D eigenvalue weighted by molar-refractivity contribution is 0.0947. The molecule has 1 aromatic carbocycles. The average molecular weight is 344 g/mol. The number of oxazole rings is 1. The number of carbonyl (C=O) groups excluding carboxylic acids is 1. The number of nitrogens with one attached hydrogen (secondary N) is 1. The third kappa shape index (κ3) is 3.16. The predicted octanol–water partition coefficient (Wildman–Crippen LogP) is 3.64. The summed E-state index contributed by atoms with van der Waals surface area (Å²) in [6.07, 6.45) is 0. The monoisotopic (exact) mass is 342 g/mol. The average Bonchev–Trinajstić information content (AvgIpc) is 2.69. The van der Waals surface area contributed by atoms with Crippen molar-refractivity contribution in [1.82, 2.24) is 10.3 Å². The lowest BCUT2D eigenvalue weighted by Gasteiger charge is -2.05. The maximum Gasteiger partial charge on any atom is 0.253 e. The smallest absolute Gasteiger partial charge is 0.253 e. The molecule has 1 aromatic heterocycles. The molecule has 0 saturated carbocycles. The lowest BCUT2D eigenvalue weighted by Crippen LogP contribution is -2.23. The first-order valence-electron chi connectivity index (χ1n) is 5.64. The fourth-order valence-corrected chi connectivity index (χ4v) is 2.12. The molecule has 0 spiro atoms. The van der Waals surface area contributed by atoms with Crippen LogP contribution in [0.4, 0.5) is 0 Å². The Kier molecular flexibility index (Phi) is 4.27. The van der Waals surface area contributed by atoms with E-state index >= 15 is 0 Å². The number of carbonyl (C=O) groups is 1. The Hall–Kier alpha value is -1.33. The van der Waals surface area contributed by atoms with Gasteiger partial charge in [-0.25, -0.2) is 4.98 Å². The maximum absolute atomic E-state index is 12.0. The molecule has 4 nitrogen and oxygen atoms in total. The van der Waals surface area contributed by atoms with Gasteiger partial charge in [-0.15, -0.1) is 0 Å². The third-order valence-electron chi connectivity index (χ3n) is 2.67. The summed E-state index contributed by atoms with van der Waals surface area (Å²) in [5.41, 5.74) is 1.24. The Labute approximate surface area is 124 Å². The fourth-order valence-electron chi connectivity index (χ4n) is 1.55. The highest BCUT2D eigenvalue weighted by Crippen LogP contribution is 2.25. The molecule has 0 bridgehead atoms. The summed E-state index contributed by atoms with van der Waals surface area (Å²) in [7, 11) is 0. The SMILES string of the molecule is Cc1nc(CNC(=O)c2cccc(Br)c2Cl)oc1C. The molecule has 0 aliphatic rings. The van der Waals surface area contributed by atoms with Gasteiger partial charge in [-0.2, -0.15) is 0 Å². The number of rotatable bonds is 3. The molecule has 0 fully saturated rings. The number of benzene rings is 1. The van der Waals surface area contributed by atoms with Crippen LogP contribution in [0.2, 0.25) is 5.02 Å². The van der Waals surface area contributed by atoms with Gasteiger partial charge in [-0.1, -0.05) is 17.7 Å². The summed E-state index contributed by atoms with van der Waals surface area (Å²) in [5, 5.41) is 3.11. The van der Waals surface area contributed by atoms with E-state index in [1.54, 1.807) is 18.2 Å². The van der Waals surface area contributed by atoms with E-state index in [1.165, 1.54) is 0 Å². The van der Waals surface area contributed by atoms with Crippen LogP contribution in [0, 0.1) is 13.8 Å². The summed E-state index contributed by atoms with van der Waals surface area (Å²) in [5.74, 6) is 0.971. The molecule has 0 aliphatic heterocycles. The molecule has 0 radical (unpaired) electrons. The number of amides is 1. The Balaban J connectivity index is 2.07. The van der Waals surface area contributed by atoms with Gasteiger partial charge in [0.15, 0.2) is 0 Å². The molecule has 0 atom stereocenters. The van der Waals surface area contributed by atoms with Crippen LogP contribution in [0.25, 0.3) is 0 Å². The van der Waals surface area contributed by atoms with Crippen LogP contribution in [-0.2, 0) is 6.54 Å². The summed E-state index contributed by atoms with van der Waals surface area (Å²) >= 11 is 9.33. The van der Waals surface area contributed by atoms with E-state index in [1.807, 2.05) is 13.8 Å². The van der Waals surface area contributed by atoms with E-state index in [0.29, 0.717) is 20.9 Å². The summed E-state index contributed by atoms with van der Waals surface area (Å²) in [4.78, 5) is 16.2. The standard InChI is InChI=1S/C13H12BrClN2O2/c1-7-8(2)19-11(17-7)6-16-13(18)9-4-3-5-10(14)12(9)15/h3-5H,6H2,1-2H3,(H,16,18). The van der Waals surface area contributed by atoms with Crippen molar-refractivity contribution in [3.8, 4) is 0 Å².